The average molecular weight is 595 g/mol. The van der Waals surface area contributed by atoms with Gasteiger partial charge in [0.05, 0.1) is 11.3 Å². The third-order valence-corrected chi connectivity index (χ3v) is 8.43. The standard InChI is InChI=1S/C32H33ClF2N4O3/c1-21-27(31(41)39(36(21)2)25-10-12-26(40)13-11-25)20-38(17-14-22-6-8-23(33)9-7-22)24-15-18-37(19-16-24)32(42)30-28(34)4-3-5-29(30)35/h3-13,24,40H,14-20H2,1-2H3. The first-order chi connectivity index (χ1) is 20.1. The van der Waals surface area contributed by atoms with Gasteiger partial charge in [0.2, 0.25) is 0 Å². The molecule has 1 fully saturated rings. The highest BCUT2D eigenvalue weighted by molar-refractivity contribution is 6.30. The van der Waals surface area contributed by atoms with Crippen molar-refractivity contribution in [1.29, 1.82) is 0 Å². The minimum Gasteiger partial charge on any atom is -0.508 e. The number of carbonyl (C=O) groups is 1. The van der Waals surface area contributed by atoms with Crippen LogP contribution in [-0.2, 0) is 20.0 Å². The number of likely N-dealkylation sites (tertiary alicyclic amines) is 1. The van der Waals surface area contributed by atoms with Crippen LogP contribution in [0, 0.1) is 18.6 Å². The van der Waals surface area contributed by atoms with E-state index in [4.69, 9.17) is 11.6 Å². The Morgan fingerprint density at radius 3 is 2.24 bits per heavy atom. The maximum Gasteiger partial charge on any atom is 0.276 e. The van der Waals surface area contributed by atoms with E-state index in [-0.39, 0.29) is 17.4 Å². The molecule has 0 bridgehead atoms. The van der Waals surface area contributed by atoms with Crippen molar-refractivity contribution in [2.24, 2.45) is 7.05 Å². The number of carbonyl (C=O) groups excluding carboxylic acids is 1. The highest BCUT2D eigenvalue weighted by Crippen LogP contribution is 2.24. The third-order valence-electron chi connectivity index (χ3n) is 8.17. The first kappa shape index (κ1) is 29.5. The molecule has 2 heterocycles. The summed E-state index contributed by atoms with van der Waals surface area (Å²) >= 11 is 6.07. The summed E-state index contributed by atoms with van der Waals surface area (Å²) in [5, 5.41) is 10.4. The summed E-state index contributed by atoms with van der Waals surface area (Å²) in [6.07, 6.45) is 1.93. The molecule has 1 aromatic heterocycles. The lowest BCUT2D eigenvalue weighted by Crippen LogP contribution is -2.47. The molecule has 7 nitrogen and oxygen atoms in total. The second-order valence-corrected chi connectivity index (χ2v) is 11.1. The lowest BCUT2D eigenvalue weighted by Gasteiger charge is -2.38. The number of amides is 1. The molecule has 0 radical (unpaired) electrons. The largest absolute Gasteiger partial charge is 0.508 e. The maximum absolute atomic E-state index is 14.3. The van der Waals surface area contributed by atoms with Gasteiger partial charge in [-0.25, -0.2) is 13.5 Å². The van der Waals surface area contributed by atoms with E-state index in [0.29, 0.717) is 55.3 Å². The van der Waals surface area contributed by atoms with Gasteiger partial charge in [0.25, 0.3) is 11.5 Å². The third kappa shape index (κ3) is 6.12. The second kappa shape index (κ2) is 12.5. The van der Waals surface area contributed by atoms with Gasteiger partial charge in [-0.2, -0.15) is 0 Å². The Balaban J connectivity index is 1.38. The van der Waals surface area contributed by atoms with Gasteiger partial charge in [-0.3, -0.25) is 19.2 Å². The van der Waals surface area contributed by atoms with Crippen LogP contribution >= 0.6 is 11.6 Å². The molecule has 0 saturated carbocycles. The van der Waals surface area contributed by atoms with Crippen LogP contribution in [0.5, 0.6) is 5.75 Å². The van der Waals surface area contributed by atoms with Crippen molar-refractivity contribution in [3.05, 3.63) is 116 Å². The number of nitrogens with zero attached hydrogens (tertiary/aromatic N) is 4. The SMILES string of the molecule is Cc1c(CN(CCc2ccc(Cl)cc2)C2CCN(C(=O)c3c(F)cccc3F)CC2)c(=O)n(-c2ccc(O)cc2)n1C. The summed E-state index contributed by atoms with van der Waals surface area (Å²) in [7, 11) is 1.83. The molecule has 1 N–H and O–H groups in total. The molecule has 220 valence electrons. The second-order valence-electron chi connectivity index (χ2n) is 10.7. The van der Waals surface area contributed by atoms with Crippen molar-refractivity contribution in [1.82, 2.24) is 19.2 Å². The molecular formula is C32H33ClF2N4O3. The van der Waals surface area contributed by atoms with Gasteiger partial charge in [-0.15, -0.1) is 0 Å². The van der Waals surface area contributed by atoms with E-state index in [1.165, 1.54) is 11.0 Å². The number of benzene rings is 3. The summed E-state index contributed by atoms with van der Waals surface area (Å²) in [4.78, 5) is 30.5. The number of rotatable bonds is 8. The Labute approximate surface area is 248 Å². The first-order valence-electron chi connectivity index (χ1n) is 13.9. The van der Waals surface area contributed by atoms with Crippen LogP contribution in [0.4, 0.5) is 8.78 Å². The van der Waals surface area contributed by atoms with E-state index in [2.05, 4.69) is 4.90 Å². The Bertz CT molecular complexity index is 1610. The Morgan fingerprint density at radius 1 is 1.00 bits per heavy atom. The van der Waals surface area contributed by atoms with Crippen LogP contribution in [-0.4, -0.2) is 55.9 Å². The maximum atomic E-state index is 14.3. The molecule has 0 atom stereocenters. The fourth-order valence-electron chi connectivity index (χ4n) is 5.64. The minimum atomic E-state index is -0.865. The highest BCUT2D eigenvalue weighted by Gasteiger charge is 2.31. The normalized spacial score (nSPS) is 14.1. The molecule has 4 aromatic rings. The molecule has 0 aliphatic carbocycles. The van der Waals surface area contributed by atoms with E-state index in [0.717, 1.165) is 29.8 Å². The number of aromatic nitrogens is 2. The fraction of sp³-hybridized carbons (Fsp3) is 0.312. The monoisotopic (exact) mass is 594 g/mol. The zero-order chi connectivity index (χ0) is 30.0. The van der Waals surface area contributed by atoms with Crippen molar-refractivity contribution in [2.75, 3.05) is 19.6 Å². The van der Waals surface area contributed by atoms with E-state index < -0.39 is 23.1 Å². The summed E-state index contributed by atoms with van der Waals surface area (Å²) < 4.78 is 32.0. The molecule has 0 spiro atoms. The lowest BCUT2D eigenvalue weighted by molar-refractivity contribution is 0.0599. The minimum absolute atomic E-state index is 0.0490. The molecule has 42 heavy (non-hydrogen) atoms. The smallest absolute Gasteiger partial charge is 0.276 e. The highest BCUT2D eigenvalue weighted by atomic mass is 35.5. The number of hydrogen-bond acceptors (Lipinski definition) is 4. The quantitative estimate of drug-likeness (QED) is 0.294. The molecule has 0 unspecified atom stereocenters. The Hall–Kier alpha value is -3.95. The van der Waals surface area contributed by atoms with E-state index in [1.807, 2.05) is 42.9 Å². The van der Waals surface area contributed by atoms with Gasteiger partial charge in [-0.1, -0.05) is 29.8 Å². The summed E-state index contributed by atoms with van der Waals surface area (Å²) in [6, 6.07) is 17.6. The molecule has 10 heteroatoms. The molecule has 5 rings (SSSR count). The van der Waals surface area contributed by atoms with E-state index in [9.17, 15) is 23.5 Å². The zero-order valence-electron chi connectivity index (χ0n) is 23.6. The zero-order valence-corrected chi connectivity index (χ0v) is 24.3. The average Bonchev–Trinajstić information content (AvgIpc) is 3.19. The predicted octanol–water partition coefficient (Wildman–Crippen LogP) is 5.47. The topological polar surface area (TPSA) is 70.7 Å². The molecular weight excluding hydrogens is 562 g/mol. The lowest BCUT2D eigenvalue weighted by atomic mass is 10.00. The van der Waals surface area contributed by atoms with Crippen molar-refractivity contribution >= 4 is 17.5 Å². The predicted molar refractivity (Wildman–Crippen MR) is 158 cm³/mol. The van der Waals surface area contributed by atoms with Crippen LogP contribution in [0.25, 0.3) is 5.69 Å². The van der Waals surface area contributed by atoms with Crippen molar-refractivity contribution in [3.63, 3.8) is 0 Å². The van der Waals surface area contributed by atoms with Crippen molar-refractivity contribution in [2.45, 2.75) is 38.8 Å². The number of phenols is 1. The number of piperidine rings is 1. The van der Waals surface area contributed by atoms with Crippen LogP contribution < -0.4 is 5.56 Å². The van der Waals surface area contributed by atoms with E-state index >= 15 is 0 Å². The first-order valence-corrected chi connectivity index (χ1v) is 14.3. The number of aromatic hydroxyl groups is 1. The molecule has 1 aliphatic heterocycles. The van der Waals surface area contributed by atoms with Gasteiger partial charge in [0.1, 0.15) is 22.9 Å². The molecule has 3 aromatic carbocycles. The van der Waals surface area contributed by atoms with E-state index in [1.54, 1.807) is 28.9 Å². The Morgan fingerprint density at radius 2 is 1.62 bits per heavy atom. The summed E-state index contributed by atoms with van der Waals surface area (Å²) in [5.74, 6) is -2.26. The van der Waals surface area contributed by atoms with Gasteiger partial charge in [-0.05, 0) is 80.3 Å². The summed E-state index contributed by atoms with van der Waals surface area (Å²) in [5.41, 5.74) is 2.58. The molecule has 1 amide bonds. The van der Waals surface area contributed by atoms with Crippen molar-refractivity contribution in [3.8, 4) is 11.4 Å². The van der Waals surface area contributed by atoms with Crippen LogP contribution in [0.1, 0.15) is 40.0 Å². The molecule has 1 aliphatic rings. The van der Waals surface area contributed by atoms with Gasteiger partial charge >= 0.3 is 0 Å². The van der Waals surface area contributed by atoms with Crippen molar-refractivity contribution < 1.29 is 18.7 Å². The van der Waals surface area contributed by atoms with Gasteiger partial charge < -0.3 is 10.0 Å². The molecule has 1 saturated heterocycles. The number of hydrogen-bond donors (Lipinski definition) is 1. The number of phenolic OH excluding ortho intramolecular Hbond substituents is 1. The van der Waals surface area contributed by atoms with Crippen LogP contribution in [0.2, 0.25) is 5.02 Å². The summed E-state index contributed by atoms with van der Waals surface area (Å²) in [6.45, 7) is 3.67. The van der Waals surface area contributed by atoms with Crippen LogP contribution in [0.15, 0.2) is 71.5 Å². The van der Waals surface area contributed by atoms with Gasteiger partial charge in [0, 0.05) is 50.0 Å². The number of halogens is 3. The van der Waals surface area contributed by atoms with Crippen LogP contribution in [0.3, 0.4) is 0 Å². The van der Waals surface area contributed by atoms with Gasteiger partial charge in [0.15, 0.2) is 0 Å². The Kier molecular flexibility index (Phi) is 8.80. The fourth-order valence-corrected chi connectivity index (χ4v) is 5.77.